The van der Waals surface area contributed by atoms with Gasteiger partial charge in [0.1, 0.15) is 5.75 Å². The van der Waals surface area contributed by atoms with Crippen LogP contribution in [0.25, 0.3) is 0 Å². The van der Waals surface area contributed by atoms with Crippen LogP contribution in [0.5, 0.6) is 5.75 Å². The van der Waals surface area contributed by atoms with Crippen LogP contribution >= 0.6 is 11.6 Å². The predicted octanol–water partition coefficient (Wildman–Crippen LogP) is 3.19. The number of rotatable bonds is 5. The van der Waals surface area contributed by atoms with E-state index in [1.54, 1.807) is 6.07 Å². The molecule has 0 aliphatic rings. The molecular formula is C15H16ClNO2. The van der Waals surface area contributed by atoms with Crippen LogP contribution in [0.3, 0.4) is 0 Å². The minimum Gasteiger partial charge on any atom is -0.506 e. The lowest BCUT2D eigenvalue weighted by molar-refractivity contribution is 0.299. The minimum atomic E-state index is 0.119. The van der Waals surface area contributed by atoms with Crippen molar-refractivity contribution in [3.8, 4) is 5.75 Å². The zero-order valence-corrected chi connectivity index (χ0v) is 11.2. The lowest BCUT2D eigenvalue weighted by Crippen LogP contribution is -2.00. The van der Waals surface area contributed by atoms with Gasteiger partial charge in [-0.05, 0) is 30.2 Å². The zero-order valence-electron chi connectivity index (χ0n) is 10.4. The molecule has 0 saturated heterocycles. The predicted molar refractivity (Wildman–Crippen MR) is 77.7 cm³/mol. The van der Waals surface area contributed by atoms with Gasteiger partial charge in [0.25, 0.3) is 0 Å². The Labute approximate surface area is 117 Å². The van der Waals surface area contributed by atoms with Gasteiger partial charge in [-0.2, -0.15) is 0 Å². The number of hydrogen-bond acceptors (Lipinski definition) is 3. The molecule has 0 spiro atoms. The van der Waals surface area contributed by atoms with E-state index in [4.69, 9.17) is 16.7 Å². The topological polar surface area (TPSA) is 52.5 Å². The number of benzene rings is 2. The molecule has 4 heteroatoms. The first-order valence-electron chi connectivity index (χ1n) is 6.10. The zero-order chi connectivity index (χ0) is 13.7. The fourth-order valence-corrected chi connectivity index (χ4v) is 2.01. The van der Waals surface area contributed by atoms with Gasteiger partial charge in [-0.15, -0.1) is 0 Å². The van der Waals surface area contributed by atoms with Gasteiger partial charge in [-0.25, -0.2) is 0 Å². The van der Waals surface area contributed by atoms with Gasteiger partial charge in [0, 0.05) is 24.4 Å². The van der Waals surface area contributed by atoms with Crippen molar-refractivity contribution in [2.75, 3.05) is 11.9 Å². The SMILES string of the molecule is OCCc1ccc(NCc2cccc(Cl)c2O)cc1. The number of hydrogen-bond donors (Lipinski definition) is 3. The minimum absolute atomic E-state index is 0.119. The van der Waals surface area contributed by atoms with Crippen molar-refractivity contribution < 1.29 is 10.2 Å². The molecule has 0 heterocycles. The highest BCUT2D eigenvalue weighted by Gasteiger charge is 2.04. The second-order valence-electron chi connectivity index (χ2n) is 4.27. The highest BCUT2D eigenvalue weighted by molar-refractivity contribution is 6.32. The van der Waals surface area contributed by atoms with Crippen molar-refractivity contribution in [1.29, 1.82) is 0 Å². The van der Waals surface area contributed by atoms with E-state index < -0.39 is 0 Å². The van der Waals surface area contributed by atoms with Gasteiger partial charge in [-0.1, -0.05) is 35.9 Å². The third kappa shape index (κ3) is 3.63. The van der Waals surface area contributed by atoms with Crippen molar-refractivity contribution in [2.24, 2.45) is 0 Å². The van der Waals surface area contributed by atoms with E-state index in [1.165, 1.54) is 0 Å². The molecule has 0 unspecified atom stereocenters. The molecule has 0 aliphatic heterocycles. The molecule has 0 atom stereocenters. The number of phenolic OH excluding ortho intramolecular Hbond substituents is 1. The quantitative estimate of drug-likeness (QED) is 0.787. The molecule has 0 amide bonds. The summed E-state index contributed by atoms with van der Waals surface area (Å²) in [5.74, 6) is 0.119. The fraction of sp³-hybridized carbons (Fsp3) is 0.200. The van der Waals surface area contributed by atoms with E-state index in [2.05, 4.69) is 5.32 Å². The summed E-state index contributed by atoms with van der Waals surface area (Å²) in [7, 11) is 0. The molecule has 3 N–H and O–H groups in total. The van der Waals surface area contributed by atoms with Gasteiger partial charge in [0.15, 0.2) is 0 Å². The molecule has 0 aliphatic carbocycles. The summed E-state index contributed by atoms with van der Waals surface area (Å²) >= 11 is 5.85. The molecule has 0 aromatic heterocycles. The Morgan fingerprint density at radius 3 is 2.47 bits per heavy atom. The summed E-state index contributed by atoms with van der Waals surface area (Å²) < 4.78 is 0. The van der Waals surface area contributed by atoms with Crippen LogP contribution in [-0.2, 0) is 13.0 Å². The van der Waals surface area contributed by atoms with E-state index in [1.807, 2.05) is 36.4 Å². The summed E-state index contributed by atoms with van der Waals surface area (Å²) in [6.45, 7) is 0.662. The molecule has 3 nitrogen and oxygen atoms in total. The molecule has 100 valence electrons. The van der Waals surface area contributed by atoms with Crippen LogP contribution in [-0.4, -0.2) is 16.8 Å². The van der Waals surface area contributed by atoms with E-state index in [9.17, 15) is 5.11 Å². The van der Waals surface area contributed by atoms with Gasteiger partial charge in [-0.3, -0.25) is 0 Å². The molecule has 0 bridgehead atoms. The Hall–Kier alpha value is -1.71. The average molecular weight is 278 g/mol. The number of halogens is 1. The van der Waals surface area contributed by atoms with E-state index in [-0.39, 0.29) is 12.4 Å². The number of para-hydroxylation sites is 1. The molecule has 2 rings (SSSR count). The van der Waals surface area contributed by atoms with Crippen LogP contribution in [0.4, 0.5) is 5.69 Å². The molecule has 2 aromatic carbocycles. The van der Waals surface area contributed by atoms with Crippen molar-refractivity contribution in [3.05, 3.63) is 58.6 Å². The van der Waals surface area contributed by atoms with Crippen LogP contribution < -0.4 is 5.32 Å². The normalized spacial score (nSPS) is 10.4. The Kier molecular flexibility index (Phi) is 4.66. The number of aliphatic hydroxyl groups is 1. The van der Waals surface area contributed by atoms with Crippen LogP contribution in [0.1, 0.15) is 11.1 Å². The number of anilines is 1. The van der Waals surface area contributed by atoms with Crippen molar-refractivity contribution in [1.82, 2.24) is 0 Å². The summed E-state index contributed by atoms with van der Waals surface area (Å²) in [6.07, 6.45) is 0.662. The number of phenols is 1. The molecular weight excluding hydrogens is 262 g/mol. The molecule has 19 heavy (non-hydrogen) atoms. The number of aliphatic hydroxyl groups excluding tert-OH is 1. The second-order valence-corrected chi connectivity index (χ2v) is 4.68. The van der Waals surface area contributed by atoms with Crippen LogP contribution in [0, 0.1) is 0 Å². The summed E-state index contributed by atoms with van der Waals surface area (Å²) in [5.41, 5.74) is 2.81. The molecule has 2 aromatic rings. The maximum Gasteiger partial charge on any atom is 0.139 e. The Balaban J connectivity index is 2.00. The lowest BCUT2D eigenvalue weighted by Gasteiger charge is -2.09. The Morgan fingerprint density at radius 2 is 1.79 bits per heavy atom. The van der Waals surface area contributed by atoms with Crippen molar-refractivity contribution >= 4 is 17.3 Å². The van der Waals surface area contributed by atoms with Gasteiger partial charge in [0.2, 0.25) is 0 Å². The largest absolute Gasteiger partial charge is 0.506 e. The van der Waals surface area contributed by atoms with E-state index >= 15 is 0 Å². The monoisotopic (exact) mass is 277 g/mol. The van der Waals surface area contributed by atoms with Crippen LogP contribution in [0.15, 0.2) is 42.5 Å². The molecule has 0 radical (unpaired) electrons. The fourth-order valence-electron chi connectivity index (χ4n) is 1.82. The standard InChI is InChI=1S/C15H16ClNO2/c16-14-3-1-2-12(15(14)19)10-17-13-6-4-11(5-7-13)8-9-18/h1-7,17-19H,8-10H2. The van der Waals surface area contributed by atoms with E-state index in [0.29, 0.717) is 18.0 Å². The Morgan fingerprint density at radius 1 is 1.05 bits per heavy atom. The molecule has 0 fully saturated rings. The average Bonchev–Trinajstić information content (AvgIpc) is 2.42. The van der Waals surface area contributed by atoms with Crippen molar-refractivity contribution in [2.45, 2.75) is 13.0 Å². The maximum absolute atomic E-state index is 9.79. The first-order valence-corrected chi connectivity index (χ1v) is 6.48. The highest BCUT2D eigenvalue weighted by Crippen LogP contribution is 2.27. The highest BCUT2D eigenvalue weighted by atomic mass is 35.5. The summed E-state index contributed by atoms with van der Waals surface area (Å²) in [6, 6.07) is 13.1. The molecule has 0 saturated carbocycles. The first kappa shape index (κ1) is 13.7. The van der Waals surface area contributed by atoms with Crippen LogP contribution in [0.2, 0.25) is 5.02 Å². The van der Waals surface area contributed by atoms with Gasteiger partial charge >= 0.3 is 0 Å². The smallest absolute Gasteiger partial charge is 0.139 e. The van der Waals surface area contributed by atoms with Gasteiger partial charge < -0.3 is 15.5 Å². The number of aromatic hydroxyl groups is 1. The third-order valence-corrected chi connectivity index (χ3v) is 3.21. The number of nitrogens with one attached hydrogen (secondary N) is 1. The maximum atomic E-state index is 9.79. The lowest BCUT2D eigenvalue weighted by atomic mass is 10.1. The van der Waals surface area contributed by atoms with Gasteiger partial charge in [0.05, 0.1) is 5.02 Å². The van der Waals surface area contributed by atoms with E-state index in [0.717, 1.165) is 16.8 Å². The summed E-state index contributed by atoms with van der Waals surface area (Å²) in [4.78, 5) is 0. The second kappa shape index (κ2) is 6.45. The third-order valence-electron chi connectivity index (χ3n) is 2.91. The van der Waals surface area contributed by atoms with Crippen molar-refractivity contribution in [3.63, 3.8) is 0 Å². The first-order chi connectivity index (χ1) is 9.20. The Bertz CT molecular complexity index is 540. The summed E-state index contributed by atoms with van der Waals surface area (Å²) in [5, 5.41) is 22.2.